The van der Waals surface area contributed by atoms with E-state index in [-0.39, 0.29) is 12.4 Å². The number of fused-ring (bicyclic) bond motifs is 1. The number of nitrogens with one attached hydrogen (secondary N) is 2. The number of imide groups is 1. The molecule has 2 aliphatic rings. The Morgan fingerprint density at radius 2 is 1.76 bits per heavy atom. The zero-order valence-electron chi connectivity index (χ0n) is 20.0. The first kappa shape index (κ1) is 24.0. The third-order valence-corrected chi connectivity index (χ3v) is 6.13. The Morgan fingerprint density at radius 1 is 1.03 bits per heavy atom. The molecular weight excluding hydrogens is 475 g/mol. The first-order valence-corrected chi connectivity index (χ1v) is 11.7. The van der Waals surface area contributed by atoms with E-state index >= 15 is 0 Å². The average Bonchev–Trinajstić information content (AvgIpc) is 3.27. The Kier molecular flexibility index (Phi) is 6.80. The van der Waals surface area contributed by atoms with Crippen LogP contribution in [0.15, 0.2) is 89.0 Å². The molecular formula is C27H25FN6O3. The number of amides is 3. The number of aliphatic imine (C=N–C) groups is 1. The minimum Gasteiger partial charge on any atom is -0.489 e. The second kappa shape index (κ2) is 10.5. The molecule has 1 saturated heterocycles. The number of rotatable bonds is 7. The fourth-order valence-electron chi connectivity index (χ4n) is 4.13. The lowest BCUT2D eigenvalue weighted by atomic mass is 10.1. The molecule has 0 spiro atoms. The summed E-state index contributed by atoms with van der Waals surface area (Å²) in [5.41, 5.74) is 5.59. The van der Waals surface area contributed by atoms with Crippen molar-refractivity contribution >= 4 is 24.1 Å². The van der Waals surface area contributed by atoms with Gasteiger partial charge in [0.1, 0.15) is 18.2 Å². The number of urea groups is 1. The lowest BCUT2D eigenvalue weighted by Gasteiger charge is -2.36. The summed E-state index contributed by atoms with van der Waals surface area (Å²) in [6.07, 6.45) is 0.914. The van der Waals surface area contributed by atoms with Crippen LogP contribution in [0.4, 0.5) is 9.18 Å². The molecule has 2 heterocycles. The fourth-order valence-corrected chi connectivity index (χ4v) is 4.13. The fraction of sp³-hybridized carbons (Fsp3) is 0.185. The molecule has 3 amide bonds. The number of hydrazone groups is 1. The van der Waals surface area contributed by atoms with Crippen molar-refractivity contribution in [1.82, 2.24) is 20.5 Å². The minimum atomic E-state index is -0.744. The number of likely N-dealkylation sites (N-methyl/N-ethyl adjacent to an activating group) is 1. The molecule has 5 rings (SSSR count). The predicted molar refractivity (Wildman–Crippen MR) is 136 cm³/mol. The molecule has 0 saturated carbocycles. The third kappa shape index (κ3) is 5.43. The van der Waals surface area contributed by atoms with Crippen LogP contribution in [0, 0.1) is 5.82 Å². The molecule has 9 nitrogen and oxygen atoms in total. The van der Waals surface area contributed by atoms with Gasteiger partial charge in [0.05, 0.1) is 6.21 Å². The van der Waals surface area contributed by atoms with Crippen molar-refractivity contribution in [3.63, 3.8) is 0 Å². The number of hydrogen-bond acceptors (Lipinski definition) is 7. The molecule has 2 aliphatic heterocycles. The van der Waals surface area contributed by atoms with Gasteiger partial charge in [-0.2, -0.15) is 5.10 Å². The largest absolute Gasteiger partial charge is 0.489 e. The lowest BCUT2D eigenvalue weighted by molar-refractivity contribution is -0.127. The highest BCUT2D eigenvalue weighted by atomic mass is 19.1. The molecule has 10 heteroatoms. The van der Waals surface area contributed by atoms with Gasteiger partial charge in [0.15, 0.2) is 12.2 Å². The zero-order chi connectivity index (χ0) is 25.8. The van der Waals surface area contributed by atoms with Crippen molar-refractivity contribution in [2.45, 2.75) is 25.4 Å². The molecule has 0 radical (unpaired) electrons. The summed E-state index contributed by atoms with van der Waals surface area (Å²) >= 11 is 0. The highest BCUT2D eigenvalue weighted by Gasteiger charge is 2.48. The van der Waals surface area contributed by atoms with Crippen molar-refractivity contribution in [3.8, 4) is 5.75 Å². The topological polar surface area (TPSA) is 98.6 Å². The summed E-state index contributed by atoms with van der Waals surface area (Å²) in [5, 5.41) is 6.65. The van der Waals surface area contributed by atoms with Gasteiger partial charge >= 0.3 is 6.03 Å². The van der Waals surface area contributed by atoms with Crippen molar-refractivity contribution in [2.75, 3.05) is 7.05 Å². The van der Waals surface area contributed by atoms with Crippen molar-refractivity contribution in [2.24, 2.45) is 10.1 Å². The van der Waals surface area contributed by atoms with E-state index in [2.05, 4.69) is 20.8 Å². The van der Waals surface area contributed by atoms with Crippen LogP contribution in [0.1, 0.15) is 16.7 Å². The van der Waals surface area contributed by atoms with E-state index in [1.54, 1.807) is 30.3 Å². The monoisotopic (exact) mass is 500 g/mol. The quantitative estimate of drug-likeness (QED) is 0.384. The van der Waals surface area contributed by atoms with Gasteiger partial charge in [-0.15, -0.1) is 0 Å². The van der Waals surface area contributed by atoms with Crippen LogP contribution >= 0.6 is 0 Å². The molecule has 1 fully saturated rings. The van der Waals surface area contributed by atoms with Gasteiger partial charge in [0.25, 0.3) is 5.91 Å². The van der Waals surface area contributed by atoms with Crippen LogP contribution in [-0.2, 0) is 17.9 Å². The van der Waals surface area contributed by atoms with Gasteiger partial charge in [-0.3, -0.25) is 10.1 Å². The summed E-state index contributed by atoms with van der Waals surface area (Å²) in [6.45, 7) is 0.748. The Bertz CT molecular complexity index is 1330. The summed E-state index contributed by atoms with van der Waals surface area (Å²) in [5.74, 6) is 0.264. The van der Waals surface area contributed by atoms with E-state index in [4.69, 9.17) is 4.74 Å². The van der Waals surface area contributed by atoms with Gasteiger partial charge in [-0.1, -0.05) is 42.5 Å². The normalized spacial score (nSPS) is 19.0. The number of nitrogens with zero attached hydrogens (tertiary/aromatic N) is 4. The Labute approximate surface area is 213 Å². The molecule has 2 unspecified atom stereocenters. The zero-order valence-corrected chi connectivity index (χ0v) is 20.0. The molecule has 0 bridgehead atoms. The van der Waals surface area contributed by atoms with Gasteiger partial charge in [-0.05, 0) is 53.1 Å². The van der Waals surface area contributed by atoms with Crippen LogP contribution in [0.25, 0.3) is 0 Å². The molecule has 188 valence electrons. The van der Waals surface area contributed by atoms with E-state index in [1.165, 1.54) is 17.0 Å². The summed E-state index contributed by atoms with van der Waals surface area (Å²) in [4.78, 5) is 32.4. The van der Waals surface area contributed by atoms with E-state index in [0.717, 1.165) is 22.4 Å². The Balaban J connectivity index is 1.27. The van der Waals surface area contributed by atoms with Crippen LogP contribution in [0.2, 0.25) is 0 Å². The van der Waals surface area contributed by atoms with Gasteiger partial charge in [0.2, 0.25) is 5.96 Å². The van der Waals surface area contributed by atoms with Gasteiger partial charge in [-0.25, -0.2) is 19.6 Å². The summed E-state index contributed by atoms with van der Waals surface area (Å²) in [6, 6.07) is 22.1. The molecule has 37 heavy (non-hydrogen) atoms. The third-order valence-electron chi connectivity index (χ3n) is 6.13. The number of carbonyl (C=O) groups is 2. The maximum atomic E-state index is 13.4. The Morgan fingerprint density at radius 3 is 2.49 bits per heavy atom. The second-order valence-electron chi connectivity index (χ2n) is 8.68. The van der Waals surface area contributed by atoms with Gasteiger partial charge in [0, 0.05) is 13.6 Å². The summed E-state index contributed by atoms with van der Waals surface area (Å²) < 4.78 is 19.2. The molecule has 3 aromatic carbocycles. The number of hydrogen-bond donors (Lipinski definition) is 2. The summed E-state index contributed by atoms with van der Waals surface area (Å²) in [7, 11) is 1.58. The predicted octanol–water partition coefficient (Wildman–Crippen LogP) is 3.08. The van der Waals surface area contributed by atoms with Crippen molar-refractivity contribution in [1.29, 1.82) is 0 Å². The molecule has 3 aromatic rings. The first-order chi connectivity index (χ1) is 18.0. The molecule has 2 atom stereocenters. The Hall–Kier alpha value is -4.73. The highest BCUT2D eigenvalue weighted by molar-refractivity contribution is 6.03. The maximum absolute atomic E-state index is 13.4. The number of ether oxygens (including phenoxy) is 1. The van der Waals surface area contributed by atoms with Gasteiger partial charge < -0.3 is 14.5 Å². The number of guanidine groups is 1. The van der Waals surface area contributed by atoms with Crippen LogP contribution < -0.4 is 15.5 Å². The minimum absolute atomic E-state index is 0.270. The average molecular weight is 501 g/mol. The van der Waals surface area contributed by atoms with Crippen LogP contribution in [-0.4, -0.2) is 53.2 Å². The molecule has 0 aliphatic carbocycles. The molecule has 2 N–H and O–H groups in total. The standard InChI is InChI=1S/C27H25FN6O3/c1-33-24-23(25(35)31-27(33)36)34(16-19-7-11-21(28)12-8-19)26(30-24)32-29-15-18-9-13-22(14-10-18)37-17-20-5-3-2-4-6-20/h2-15,23-24H,16-17H2,1H3,(H,30,32)(H,31,35,36)/b29-15+. The first-order valence-electron chi connectivity index (χ1n) is 11.7. The van der Waals surface area contributed by atoms with Crippen LogP contribution in [0.3, 0.4) is 0 Å². The van der Waals surface area contributed by atoms with Crippen LogP contribution in [0.5, 0.6) is 5.75 Å². The molecule has 0 aromatic heterocycles. The van der Waals surface area contributed by atoms with E-state index in [1.807, 2.05) is 54.6 Å². The van der Waals surface area contributed by atoms with E-state index in [0.29, 0.717) is 12.6 Å². The number of halogens is 1. The van der Waals surface area contributed by atoms with Crippen molar-refractivity contribution in [3.05, 3.63) is 101 Å². The maximum Gasteiger partial charge on any atom is 0.325 e. The highest BCUT2D eigenvalue weighted by Crippen LogP contribution is 2.25. The SMILES string of the molecule is CN1C(=O)NC(=O)C2C1N=C(N/N=C/c1ccc(OCc3ccccc3)cc1)N2Cc1ccc(F)cc1. The second-order valence-corrected chi connectivity index (χ2v) is 8.68. The van der Waals surface area contributed by atoms with Crippen molar-refractivity contribution < 1.29 is 18.7 Å². The lowest BCUT2D eigenvalue weighted by Crippen LogP contribution is -2.63. The van der Waals surface area contributed by atoms with E-state index < -0.39 is 24.1 Å². The smallest absolute Gasteiger partial charge is 0.325 e. The van der Waals surface area contributed by atoms with E-state index in [9.17, 15) is 14.0 Å². The number of carbonyl (C=O) groups excluding carboxylic acids is 2. The number of benzene rings is 3.